The lowest BCUT2D eigenvalue weighted by Crippen LogP contribution is -2.22. The van der Waals surface area contributed by atoms with Crippen LogP contribution in [0.15, 0.2) is 18.5 Å². The van der Waals surface area contributed by atoms with Gasteiger partial charge in [-0.15, -0.1) is 0 Å². The molecule has 1 aromatic heterocycles. The minimum Gasteiger partial charge on any atom is -0.310 e. The monoisotopic (exact) mass is 240 g/mol. The van der Waals surface area contributed by atoms with Crippen LogP contribution in [0, 0.1) is 0 Å². The topological polar surface area (TPSA) is 24.9 Å². The van der Waals surface area contributed by atoms with Gasteiger partial charge in [0.25, 0.3) is 0 Å². The van der Waals surface area contributed by atoms with Crippen molar-refractivity contribution in [1.29, 1.82) is 0 Å². The number of aromatic nitrogens is 1. The molecule has 3 heteroatoms. The first kappa shape index (κ1) is 13.5. The van der Waals surface area contributed by atoms with Crippen LogP contribution < -0.4 is 5.32 Å². The maximum Gasteiger partial charge on any atom is 0.0637 e. The van der Waals surface area contributed by atoms with Gasteiger partial charge in [-0.2, -0.15) is 0 Å². The third-order valence-electron chi connectivity index (χ3n) is 2.67. The molecule has 1 aromatic rings. The number of nitrogens with one attached hydrogen (secondary N) is 1. The Morgan fingerprint density at radius 2 is 2.19 bits per heavy atom. The molecule has 0 fully saturated rings. The van der Waals surface area contributed by atoms with Gasteiger partial charge in [-0.3, -0.25) is 4.98 Å². The Labute approximate surface area is 103 Å². The van der Waals surface area contributed by atoms with Crippen LogP contribution in [0.2, 0.25) is 5.02 Å². The van der Waals surface area contributed by atoms with Gasteiger partial charge in [0.1, 0.15) is 0 Å². The number of rotatable bonds is 7. The second-order valence-corrected chi connectivity index (χ2v) is 4.45. The molecule has 0 aliphatic rings. The Bertz CT molecular complexity index is 294. The first-order chi connectivity index (χ1) is 7.79. The summed E-state index contributed by atoms with van der Waals surface area (Å²) >= 11 is 6.17. The normalized spacial score (nSPS) is 12.7. The quantitative estimate of drug-likeness (QED) is 0.780. The molecule has 0 aromatic carbocycles. The van der Waals surface area contributed by atoms with Gasteiger partial charge in [0, 0.05) is 18.4 Å². The van der Waals surface area contributed by atoms with E-state index in [1.807, 2.05) is 12.3 Å². The highest BCUT2D eigenvalue weighted by atomic mass is 35.5. The molecule has 0 amide bonds. The highest BCUT2D eigenvalue weighted by Crippen LogP contribution is 2.25. The number of pyridine rings is 1. The van der Waals surface area contributed by atoms with Crippen molar-refractivity contribution in [3.63, 3.8) is 0 Å². The number of nitrogens with zero attached hydrogens (tertiary/aromatic N) is 1. The zero-order valence-electron chi connectivity index (χ0n) is 10.2. The average molecular weight is 241 g/mol. The van der Waals surface area contributed by atoms with E-state index in [-0.39, 0.29) is 0 Å². The largest absolute Gasteiger partial charge is 0.310 e. The second-order valence-electron chi connectivity index (χ2n) is 4.05. The highest BCUT2D eigenvalue weighted by molar-refractivity contribution is 6.31. The number of hydrogen-bond acceptors (Lipinski definition) is 2. The van der Waals surface area contributed by atoms with Crippen molar-refractivity contribution < 1.29 is 0 Å². The Morgan fingerprint density at radius 3 is 2.81 bits per heavy atom. The van der Waals surface area contributed by atoms with Gasteiger partial charge in [-0.05, 0) is 31.0 Å². The predicted octanol–water partition coefficient (Wildman–Crippen LogP) is 3.97. The lowest BCUT2D eigenvalue weighted by atomic mass is 10.0. The van der Waals surface area contributed by atoms with E-state index in [9.17, 15) is 0 Å². The summed E-state index contributed by atoms with van der Waals surface area (Å²) in [6, 6.07) is 2.39. The lowest BCUT2D eigenvalue weighted by Gasteiger charge is -2.19. The summed E-state index contributed by atoms with van der Waals surface area (Å²) in [5.74, 6) is 0. The summed E-state index contributed by atoms with van der Waals surface area (Å²) < 4.78 is 0. The van der Waals surface area contributed by atoms with E-state index in [0.29, 0.717) is 6.04 Å². The Balaban J connectivity index is 2.70. The molecule has 0 spiro atoms. The molecular weight excluding hydrogens is 220 g/mol. The fourth-order valence-corrected chi connectivity index (χ4v) is 2.01. The van der Waals surface area contributed by atoms with Crippen molar-refractivity contribution in [2.24, 2.45) is 0 Å². The van der Waals surface area contributed by atoms with E-state index in [2.05, 4.69) is 24.1 Å². The van der Waals surface area contributed by atoms with Crippen LogP contribution in [-0.2, 0) is 0 Å². The number of unbranched alkanes of at least 4 members (excludes halogenated alkanes) is 1. The molecule has 0 aliphatic heterocycles. The van der Waals surface area contributed by atoms with Crippen molar-refractivity contribution in [2.75, 3.05) is 6.54 Å². The molecule has 1 rings (SSSR count). The first-order valence-electron chi connectivity index (χ1n) is 6.12. The van der Waals surface area contributed by atoms with E-state index >= 15 is 0 Å². The van der Waals surface area contributed by atoms with Crippen LogP contribution >= 0.6 is 11.6 Å². The number of halogens is 1. The van der Waals surface area contributed by atoms with Crippen molar-refractivity contribution in [1.82, 2.24) is 10.3 Å². The van der Waals surface area contributed by atoms with E-state index in [1.165, 1.54) is 18.4 Å². The van der Waals surface area contributed by atoms with Crippen LogP contribution in [0.1, 0.15) is 51.1 Å². The lowest BCUT2D eigenvalue weighted by molar-refractivity contribution is 0.481. The van der Waals surface area contributed by atoms with Crippen LogP contribution in [0.25, 0.3) is 0 Å². The zero-order chi connectivity index (χ0) is 11.8. The molecular formula is C13H21ClN2. The molecule has 1 N–H and O–H groups in total. The summed E-state index contributed by atoms with van der Waals surface area (Å²) in [6.07, 6.45) is 8.26. The van der Waals surface area contributed by atoms with Crippen LogP contribution in [-0.4, -0.2) is 11.5 Å². The van der Waals surface area contributed by atoms with Gasteiger partial charge in [0.2, 0.25) is 0 Å². The van der Waals surface area contributed by atoms with E-state index in [1.54, 1.807) is 6.20 Å². The van der Waals surface area contributed by atoms with Gasteiger partial charge < -0.3 is 5.32 Å². The number of hydrogen-bond donors (Lipinski definition) is 1. The molecule has 2 nitrogen and oxygen atoms in total. The average Bonchev–Trinajstić information content (AvgIpc) is 2.31. The van der Waals surface area contributed by atoms with Crippen molar-refractivity contribution in [3.8, 4) is 0 Å². The molecule has 1 atom stereocenters. The Hall–Kier alpha value is -0.600. The Morgan fingerprint density at radius 1 is 1.38 bits per heavy atom. The standard InChI is InChI=1S/C13H21ClN2/c1-3-5-6-13(16-8-4-2)11-7-9-15-10-12(11)14/h7,9-10,13,16H,3-6,8H2,1-2H3. The SMILES string of the molecule is CCCCC(NCCC)c1ccncc1Cl. The van der Waals surface area contributed by atoms with Crippen molar-refractivity contribution in [2.45, 2.75) is 45.6 Å². The minimum absolute atomic E-state index is 0.371. The van der Waals surface area contributed by atoms with Gasteiger partial charge in [0.15, 0.2) is 0 Å². The summed E-state index contributed by atoms with van der Waals surface area (Å²) in [5.41, 5.74) is 1.18. The summed E-state index contributed by atoms with van der Waals surface area (Å²) in [5, 5.41) is 4.32. The van der Waals surface area contributed by atoms with Crippen LogP contribution in [0.3, 0.4) is 0 Å². The van der Waals surface area contributed by atoms with Crippen LogP contribution in [0.4, 0.5) is 0 Å². The molecule has 0 bridgehead atoms. The van der Waals surface area contributed by atoms with E-state index in [0.717, 1.165) is 24.4 Å². The summed E-state index contributed by atoms with van der Waals surface area (Å²) in [4.78, 5) is 4.03. The van der Waals surface area contributed by atoms with Gasteiger partial charge in [-0.25, -0.2) is 0 Å². The molecule has 1 heterocycles. The third-order valence-corrected chi connectivity index (χ3v) is 2.98. The van der Waals surface area contributed by atoms with Gasteiger partial charge in [0.05, 0.1) is 5.02 Å². The minimum atomic E-state index is 0.371. The molecule has 0 saturated heterocycles. The second kappa shape index (κ2) is 7.64. The van der Waals surface area contributed by atoms with Crippen molar-refractivity contribution >= 4 is 11.6 Å². The molecule has 1 unspecified atom stereocenters. The molecule has 90 valence electrons. The smallest absolute Gasteiger partial charge is 0.0637 e. The molecule has 0 radical (unpaired) electrons. The fraction of sp³-hybridized carbons (Fsp3) is 0.615. The maximum absolute atomic E-state index is 6.17. The fourth-order valence-electron chi connectivity index (χ4n) is 1.76. The van der Waals surface area contributed by atoms with Crippen LogP contribution in [0.5, 0.6) is 0 Å². The summed E-state index contributed by atoms with van der Waals surface area (Å²) in [7, 11) is 0. The molecule has 0 saturated carbocycles. The van der Waals surface area contributed by atoms with E-state index in [4.69, 9.17) is 11.6 Å². The molecule has 16 heavy (non-hydrogen) atoms. The molecule has 0 aliphatic carbocycles. The van der Waals surface area contributed by atoms with E-state index < -0.39 is 0 Å². The highest BCUT2D eigenvalue weighted by Gasteiger charge is 2.12. The maximum atomic E-state index is 6.17. The third kappa shape index (κ3) is 4.11. The summed E-state index contributed by atoms with van der Waals surface area (Å²) in [6.45, 7) is 5.43. The van der Waals surface area contributed by atoms with Crippen molar-refractivity contribution in [3.05, 3.63) is 29.0 Å². The zero-order valence-corrected chi connectivity index (χ0v) is 10.9. The predicted molar refractivity (Wildman–Crippen MR) is 69.8 cm³/mol. The van der Waals surface area contributed by atoms with Gasteiger partial charge in [-0.1, -0.05) is 38.3 Å². The van der Waals surface area contributed by atoms with Gasteiger partial charge >= 0.3 is 0 Å². The Kier molecular flexibility index (Phi) is 6.43. The first-order valence-corrected chi connectivity index (χ1v) is 6.50.